The molecule has 7 nitrogen and oxygen atoms in total. The van der Waals surface area contributed by atoms with Gasteiger partial charge in [-0.2, -0.15) is 0 Å². The van der Waals surface area contributed by atoms with E-state index in [1.54, 1.807) is 23.0 Å². The summed E-state index contributed by atoms with van der Waals surface area (Å²) < 4.78 is 7.31. The van der Waals surface area contributed by atoms with Crippen LogP contribution in [0.1, 0.15) is 59.3 Å². The fraction of sp³-hybridized carbons (Fsp3) is 0.323. The first-order chi connectivity index (χ1) is 18.3. The lowest BCUT2D eigenvalue weighted by molar-refractivity contribution is 0.0602. The summed E-state index contributed by atoms with van der Waals surface area (Å²) in [5.74, 6) is 0.903. The number of aryl methyl sites for hydroxylation is 2. The van der Waals surface area contributed by atoms with Crippen molar-refractivity contribution in [3.8, 4) is 11.3 Å². The summed E-state index contributed by atoms with van der Waals surface area (Å²) in [6.07, 6.45) is 2.18. The quantitative estimate of drug-likeness (QED) is 0.309. The van der Waals surface area contributed by atoms with Crippen molar-refractivity contribution in [1.82, 2.24) is 14.5 Å². The molecule has 38 heavy (non-hydrogen) atoms. The van der Waals surface area contributed by atoms with Crippen molar-refractivity contribution in [1.29, 1.82) is 0 Å². The summed E-state index contributed by atoms with van der Waals surface area (Å²) >= 11 is 0. The summed E-state index contributed by atoms with van der Waals surface area (Å²) in [6.45, 7) is 9.14. The summed E-state index contributed by atoms with van der Waals surface area (Å²) in [7, 11) is 0. The highest BCUT2D eigenvalue weighted by molar-refractivity contribution is 5.94. The van der Waals surface area contributed by atoms with Crippen LogP contribution >= 0.6 is 0 Å². The molecule has 1 unspecified atom stereocenters. The molecule has 0 radical (unpaired) electrons. The van der Waals surface area contributed by atoms with Gasteiger partial charge >= 0.3 is 0 Å². The standard InChI is InChI=1S/C31H36N4O3/c1-21(2)28(34(18-9-17-32)30(36)25-15-13-22(3)14-16-25)29-33-23(4)27(26-12-8-19-38-26)31(37)35(29)20-24-10-6-5-7-11-24/h5-8,10-16,19,21,28H,9,17-18,20,32H2,1-4H3. The molecule has 0 aliphatic rings. The van der Waals surface area contributed by atoms with E-state index < -0.39 is 6.04 Å². The number of furan rings is 1. The molecule has 1 amide bonds. The molecule has 1 atom stereocenters. The van der Waals surface area contributed by atoms with E-state index in [0.29, 0.717) is 54.5 Å². The number of benzene rings is 2. The van der Waals surface area contributed by atoms with Gasteiger partial charge < -0.3 is 15.1 Å². The van der Waals surface area contributed by atoms with Gasteiger partial charge in [-0.05, 0) is 62.6 Å². The fourth-order valence-corrected chi connectivity index (χ4v) is 4.82. The summed E-state index contributed by atoms with van der Waals surface area (Å²) in [5.41, 5.74) is 9.33. The highest BCUT2D eigenvalue weighted by atomic mass is 16.3. The number of nitrogens with zero attached hydrogens (tertiary/aromatic N) is 3. The van der Waals surface area contributed by atoms with Gasteiger partial charge in [0, 0.05) is 12.1 Å². The van der Waals surface area contributed by atoms with Gasteiger partial charge in [0.05, 0.1) is 24.5 Å². The maximum absolute atomic E-state index is 14.1. The topological polar surface area (TPSA) is 94.4 Å². The molecule has 0 aliphatic heterocycles. The van der Waals surface area contributed by atoms with Crippen LogP contribution in [0, 0.1) is 19.8 Å². The van der Waals surface area contributed by atoms with Gasteiger partial charge in [-0.1, -0.05) is 61.9 Å². The monoisotopic (exact) mass is 512 g/mol. The third kappa shape index (κ3) is 5.78. The molecule has 2 heterocycles. The predicted octanol–water partition coefficient (Wildman–Crippen LogP) is 5.36. The Labute approximate surface area is 223 Å². The second-order valence-electron chi connectivity index (χ2n) is 9.98. The van der Waals surface area contributed by atoms with Gasteiger partial charge in [-0.3, -0.25) is 14.2 Å². The van der Waals surface area contributed by atoms with Crippen molar-refractivity contribution in [2.75, 3.05) is 13.1 Å². The lowest BCUT2D eigenvalue weighted by Crippen LogP contribution is -2.42. The zero-order chi connectivity index (χ0) is 27.2. The molecule has 0 bridgehead atoms. The Morgan fingerprint density at radius 3 is 2.34 bits per heavy atom. The minimum Gasteiger partial charge on any atom is -0.464 e. The Bertz CT molecular complexity index is 1410. The maximum atomic E-state index is 14.1. The summed E-state index contributed by atoms with van der Waals surface area (Å²) in [6, 6.07) is 20.5. The number of hydrogen-bond donors (Lipinski definition) is 1. The highest BCUT2D eigenvalue weighted by Gasteiger charge is 2.33. The van der Waals surface area contributed by atoms with Gasteiger partial charge in [0.1, 0.15) is 17.1 Å². The molecule has 2 N–H and O–H groups in total. The molecule has 2 aromatic carbocycles. The molecule has 198 valence electrons. The Morgan fingerprint density at radius 1 is 1.03 bits per heavy atom. The van der Waals surface area contributed by atoms with Gasteiger partial charge in [0.2, 0.25) is 0 Å². The second-order valence-corrected chi connectivity index (χ2v) is 9.98. The van der Waals surface area contributed by atoms with Crippen LogP contribution in [0.5, 0.6) is 0 Å². The highest BCUT2D eigenvalue weighted by Crippen LogP contribution is 2.31. The van der Waals surface area contributed by atoms with Crippen molar-refractivity contribution in [3.63, 3.8) is 0 Å². The fourth-order valence-electron chi connectivity index (χ4n) is 4.82. The second kappa shape index (κ2) is 12.0. The van der Waals surface area contributed by atoms with E-state index in [-0.39, 0.29) is 17.4 Å². The number of hydrogen-bond acceptors (Lipinski definition) is 5. The average Bonchev–Trinajstić information content (AvgIpc) is 3.43. The van der Waals surface area contributed by atoms with Crippen LogP contribution in [-0.2, 0) is 6.54 Å². The van der Waals surface area contributed by atoms with Crippen LogP contribution in [-0.4, -0.2) is 33.4 Å². The molecule has 7 heteroatoms. The predicted molar refractivity (Wildman–Crippen MR) is 150 cm³/mol. The van der Waals surface area contributed by atoms with Crippen molar-refractivity contribution < 1.29 is 9.21 Å². The van der Waals surface area contributed by atoms with Crippen LogP contribution in [0.4, 0.5) is 0 Å². The van der Waals surface area contributed by atoms with Crippen LogP contribution < -0.4 is 11.3 Å². The Hall–Kier alpha value is -3.97. The lowest BCUT2D eigenvalue weighted by Gasteiger charge is -2.36. The van der Waals surface area contributed by atoms with E-state index in [9.17, 15) is 9.59 Å². The molecule has 0 aliphatic carbocycles. The van der Waals surface area contributed by atoms with Crippen LogP contribution in [0.3, 0.4) is 0 Å². The normalized spacial score (nSPS) is 12.1. The summed E-state index contributed by atoms with van der Waals surface area (Å²) in [5, 5.41) is 0. The number of amides is 1. The smallest absolute Gasteiger partial charge is 0.265 e. The molecular weight excluding hydrogens is 476 g/mol. The van der Waals surface area contributed by atoms with E-state index in [0.717, 1.165) is 11.1 Å². The van der Waals surface area contributed by atoms with Crippen LogP contribution in [0.15, 0.2) is 82.2 Å². The molecule has 0 saturated heterocycles. The van der Waals surface area contributed by atoms with E-state index in [2.05, 4.69) is 13.8 Å². The van der Waals surface area contributed by atoms with E-state index in [1.165, 1.54) is 0 Å². The molecule has 0 saturated carbocycles. The van der Waals surface area contributed by atoms with Crippen molar-refractivity contribution in [3.05, 3.63) is 112 Å². The molecule has 0 spiro atoms. The van der Waals surface area contributed by atoms with Crippen molar-refractivity contribution in [2.45, 2.75) is 46.7 Å². The van der Waals surface area contributed by atoms with Gasteiger partial charge in [-0.15, -0.1) is 0 Å². The van der Waals surface area contributed by atoms with E-state index in [4.69, 9.17) is 15.1 Å². The van der Waals surface area contributed by atoms with Gasteiger partial charge in [-0.25, -0.2) is 4.98 Å². The van der Waals surface area contributed by atoms with Gasteiger partial charge in [0.15, 0.2) is 0 Å². The van der Waals surface area contributed by atoms with E-state index in [1.807, 2.05) is 73.3 Å². The Balaban J connectivity index is 1.91. The molecule has 4 rings (SSSR count). The largest absolute Gasteiger partial charge is 0.464 e. The van der Waals surface area contributed by atoms with Crippen LogP contribution in [0.2, 0.25) is 0 Å². The SMILES string of the molecule is Cc1ccc(C(=O)N(CCCN)C(c2nc(C)c(-c3ccco3)c(=O)n2Cc2ccccc2)C(C)C)cc1. The Kier molecular flexibility index (Phi) is 8.59. The molecule has 2 aromatic heterocycles. The number of rotatable bonds is 10. The average molecular weight is 513 g/mol. The third-order valence-electron chi connectivity index (χ3n) is 6.73. The first-order valence-corrected chi connectivity index (χ1v) is 13.1. The molecule has 0 fully saturated rings. The summed E-state index contributed by atoms with van der Waals surface area (Å²) in [4.78, 5) is 34.9. The number of carbonyl (C=O) groups excluding carboxylic acids is 1. The zero-order valence-electron chi connectivity index (χ0n) is 22.6. The maximum Gasteiger partial charge on any atom is 0.265 e. The van der Waals surface area contributed by atoms with Crippen molar-refractivity contribution >= 4 is 5.91 Å². The minimum absolute atomic E-state index is 0.0232. The number of nitrogens with two attached hydrogens (primary N) is 1. The molecular formula is C31H36N4O3. The minimum atomic E-state index is -0.448. The first kappa shape index (κ1) is 27.1. The zero-order valence-corrected chi connectivity index (χ0v) is 22.6. The van der Waals surface area contributed by atoms with Crippen molar-refractivity contribution in [2.24, 2.45) is 11.7 Å². The number of aromatic nitrogens is 2. The first-order valence-electron chi connectivity index (χ1n) is 13.1. The third-order valence-corrected chi connectivity index (χ3v) is 6.73. The number of carbonyl (C=O) groups is 1. The van der Waals surface area contributed by atoms with E-state index >= 15 is 0 Å². The van der Waals surface area contributed by atoms with Gasteiger partial charge in [0.25, 0.3) is 11.5 Å². The Morgan fingerprint density at radius 2 is 1.74 bits per heavy atom. The molecule has 4 aromatic rings. The lowest BCUT2D eigenvalue weighted by atomic mass is 9.98. The van der Waals surface area contributed by atoms with Crippen LogP contribution in [0.25, 0.3) is 11.3 Å².